The van der Waals surface area contributed by atoms with Crippen molar-refractivity contribution < 1.29 is 0 Å². The molecule has 0 N–H and O–H groups in total. The molecular formula is C11H17NOS. The Kier molecular flexibility index (Phi) is 4.80. The van der Waals surface area contributed by atoms with Crippen LogP contribution in [0.2, 0.25) is 0 Å². The molecule has 0 saturated carbocycles. The first-order valence-electron chi connectivity index (χ1n) is 5.03. The highest BCUT2D eigenvalue weighted by molar-refractivity contribution is 7.80. The zero-order chi connectivity index (χ0) is 10.4. The number of rotatable bonds is 5. The molecule has 3 heteroatoms. The van der Waals surface area contributed by atoms with Crippen LogP contribution in [0, 0.1) is 5.92 Å². The second kappa shape index (κ2) is 5.91. The van der Waals surface area contributed by atoms with Crippen molar-refractivity contribution in [1.82, 2.24) is 4.57 Å². The van der Waals surface area contributed by atoms with Gasteiger partial charge in [0.15, 0.2) is 5.43 Å². The van der Waals surface area contributed by atoms with Crippen LogP contribution in [0.5, 0.6) is 0 Å². The van der Waals surface area contributed by atoms with Gasteiger partial charge < -0.3 is 4.57 Å². The summed E-state index contributed by atoms with van der Waals surface area (Å²) in [5, 5.41) is 0. The van der Waals surface area contributed by atoms with Crippen molar-refractivity contribution in [3.05, 3.63) is 34.7 Å². The third kappa shape index (κ3) is 3.58. The van der Waals surface area contributed by atoms with E-state index in [1.807, 2.05) is 12.4 Å². The molecule has 0 aromatic carbocycles. The van der Waals surface area contributed by atoms with Gasteiger partial charge in [-0.15, -0.1) is 0 Å². The maximum Gasteiger partial charge on any atom is 0.181 e. The first kappa shape index (κ1) is 11.4. The van der Waals surface area contributed by atoms with Gasteiger partial charge in [0, 0.05) is 31.1 Å². The highest BCUT2D eigenvalue weighted by Crippen LogP contribution is 2.10. The SMILES string of the molecule is CCCC(CS)Cn1ccc(=O)cc1. The highest BCUT2D eigenvalue weighted by atomic mass is 32.1. The maximum absolute atomic E-state index is 10.9. The van der Waals surface area contributed by atoms with Gasteiger partial charge in [-0.05, 0) is 18.1 Å². The standard InChI is InChI=1S/C11H17NOS/c1-2-3-10(9-14)8-12-6-4-11(13)5-7-12/h4-7,10,14H,2-3,8-9H2,1H3. The molecule has 0 bridgehead atoms. The van der Waals surface area contributed by atoms with Gasteiger partial charge >= 0.3 is 0 Å². The van der Waals surface area contributed by atoms with E-state index in [0.29, 0.717) is 5.92 Å². The van der Waals surface area contributed by atoms with Gasteiger partial charge in [-0.3, -0.25) is 4.79 Å². The number of aromatic nitrogens is 1. The molecule has 1 unspecified atom stereocenters. The van der Waals surface area contributed by atoms with E-state index in [-0.39, 0.29) is 5.43 Å². The van der Waals surface area contributed by atoms with Gasteiger partial charge in [0.05, 0.1) is 0 Å². The van der Waals surface area contributed by atoms with E-state index >= 15 is 0 Å². The molecule has 1 aromatic rings. The van der Waals surface area contributed by atoms with Crippen molar-refractivity contribution in [2.45, 2.75) is 26.3 Å². The third-order valence-corrected chi connectivity index (χ3v) is 2.80. The second-order valence-electron chi connectivity index (χ2n) is 3.57. The lowest BCUT2D eigenvalue weighted by Gasteiger charge is -2.15. The number of nitrogens with zero attached hydrogens (tertiary/aromatic N) is 1. The fraction of sp³-hybridized carbons (Fsp3) is 0.545. The first-order valence-corrected chi connectivity index (χ1v) is 5.66. The van der Waals surface area contributed by atoms with Crippen LogP contribution in [0.1, 0.15) is 19.8 Å². The predicted molar refractivity (Wildman–Crippen MR) is 63.0 cm³/mol. The minimum absolute atomic E-state index is 0.0687. The molecule has 0 amide bonds. The normalized spacial score (nSPS) is 12.7. The monoisotopic (exact) mass is 211 g/mol. The average Bonchev–Trinajstić information content (AvgIpc) is 2.20. The number of hydrogen-bond donors (Lipinski definition) is 1. The summed E-state index contributed by atoms with van der Waals surface area (Å²) >= 11 is 4.33. The fourth-order valence-corrected chi connectivity index (χ4v) is 1.81. The largest absolute Gasteiger partial charge is 0.354 e. The van der Waals surface area contributed by atoms with Crippen LogP contribution in [0.4, 0.5) is 0 Å². The summed E-state index contributed by atoms with van der Waals surface area (Å²) in [6, 6.07) is 3.20. The molecule has 0 fully saturated rings. The summed E-state index contributed by atoms with van der Waals surface area (Å²) in [6.45, 7) is 3.14. The van der Waals surface area contributed by atoms with E-state index in [4.69, 9.17) is 0 Å². The quantitative estimate of drug-likeness (QED) is 0.741. The van der Waals surface area contributed by atoms with Gasteiger partial charge in [0.2, 0.25) is 0 Å². The Morgan fingerprint density at radius 2 is 2.07 bits per heavy atom. The molecule has 0 radical (unpaired) electrons. The lowest BCUT2D eigenvalue weighted by Crippen LogP contribution is -2.13. The van der Waals surface area contributed by atoms with E-state index in [1.54, 1.807) is 12.1 Å². The lowest BCUT2D eigenvalue weighted by atomic mass is 10.1. The topological polar surface area (TPSA) is 22.0 Å². The second-order valence-corrected chi connectivity index (χ2v) is 3.93. The number of thiol groups is 1. The van der Waals surface area contributed by atoms with E-state index in [0.717, 1.165) is 12.3 Å². The summed E-state index contributed by atoms with van der Waals surface area (Å²) in [6.07, 6.45) is 6.06. The van der Waals surface area contributed by atoms with Crippen molar-refractivity contribution >= 4 is 12.6 Å². The minimum atomic E-state index is 0.0687. The molecule has 2 nitrogen and oxygen atoms in total. The minimum Gasteiger partial charge on any atom is -0.354 e. The number of pyridine rings is 1. The maximum atomic E-state index is 10.9. The molecular weight excluding hydrogens is 194 g/mol. The molecule has 1 aromatic heterocycles. The van der Waals surface area contributed by atoms with Gasteiger partial charge in [0.25, 0.3) is 0 Å². The van der Waals surface area contributed by atoms with Crippen molar-refractivity contribution in [2.24, 2.45) is 5.92 Å². The van der Waals surface area contributed by atoms with Crippen molar-refractivity contribution in [1.29, 1.82) is 0 Å². The molecule has 14 heavy (non-hydrogen) atoms. The summed E-state index contributed by atoms with van der Waals surface area (Å²) in [4.78, 5) is 10.9. The molecule has 78 valence electrons. The van der Waals surface area contributed by atoms with Crippen LogP contribution in [0.15, 0.2) is 29.3 Å². The molecule has 0 aliphatic heterocycles. The number of hydrogen-bond acceptors (Lipinski definition) is 2. The Balaban J connectivity index is 2.57. The Morgan fingerprint density at radius 3 is 2.57 bits per heavy atom. The fourth-order valence-electron chi connectivity index (χ4n) is 1.51. The smallest absolute Gasteiger partial charge is 0.181 e. The first-order chi connectivity index (χ1) is 6.76. The molecule has 1 atom stereocenters. The van der Waals surface area contributed by atoms with E-state index in [1.165, 1.54) is 12.8 Å². The van der Waals surface area contributed by atoms with Crippen molar-refractivity contribution in [3.63, 3.8) is 0 Å². The summed E-state index contributed by atoms with van der Waals surface area (Å²) in [5.74, 6) is 1.51. The predicted octanol–water partition coefficient (Wildman–Crippen LogP) is 2.19. The molecule has 0 spiro atoms. The molecule has 0 aliphatic carbocycles. The van der Waals surface area contributed by atoms with Crippen molar-refractivity contribution in [2.75, 3.05) is 5.75 Å². The molecule has 0 saturated heterocycles. The van der Waals surface area contributed by atoms with E-state index in [9.17, 15) is 4.79 Å². The van der Waals surface area contributed by atoms with Gasteiger partial charge in [-0.1, -0.05) is 13.3 Å². The Hall–Kier alpha value is -0.700. The summed E-state index contributed by atoms with van der Waals surface area (Å²) < 4.78 is 2.05. The Morgan fingerprint density at radius 1 is 1.43 bits per heavy atom. The van der Waals surface area contributed by atoms with Crippen LogP contribution in [0.3, 0.4) is 0 Å². The van der Waals surface area contributed by atoms with E-state index in [2.05, 4.69) is 24.1 Å². The molecule has 0 aliphatic rings. The van der Waals surface area contributed by atoms with Gasteiger partial charge in [-0.25, -0.2) is 0 Å². The zero-order valence-corrected chi connectivity index (χ0v) is 9.41. The molecule has 1 rings (SSSR count). The van der Waals surface area contributed by atoms with Crippen LogP contribution in [0.25, 0.3) is 0 Å². The van der Waals surface area contributed by atoms with Crippen LogP contribution in [-0.2, 0) is 6.54 Å². The van der Waals surface area contributed by atoms with Gasteiger partial charge in [0.1, 0.15) is 0 Å². The Labute approximate surface area is 90.4 Å². The van der Waals surface area contributed by atoms with E-state index < -0.39 is 0 Å². The van der Waals surface area contributed by atoms with Gasteiger partial charge in [-0.2, -0.15) is 12.6 Å². The summed E-state index contributed by atoms with van der Waals surface area (Å²) in [7, 11) is 0. The van der Waals surface area contributed by atoms with Crippen LogP contribution < -0.4 is 5.43 Å². The van der Waals surface area contributed by atoms with Crippen molar-refractivity contribution in [3.8, 4) is 0 Å². The van der Waals surface area contributed by atoms with Crippen LogP contribution >= 0.6 is 12.6 Å². The highest BCUT2D eigenvalue weighted by Gasteiger charge is 2.05. The Bertz CT molecular complexity index is 301. The summed E-state index contributed by atoms with van der Waals surface area (Å²) in [5.41, 5.74) is 0.0687. The molecule has 1 heterocycles. The average molecular weight is 211 g/mol. The lowest BCUT2D eigenvalue weighted by molar-refractivity contribution is 0.452. The van der Waals surface area contributed by atoms with Crippen LogP contribution in [-0.4, -0.2) is 10.3 Å². The third-order valence-electron chi connectivity index (χ3n) is 2.28. The zero-order valence-electron chi connectivity index (χ0n) is 8.52.